The maximum absolute atomic E-state index is 13.7. The fourth-order valence-electron chi connectivity index (χ4n) is 6.79. The predicted molar refractivity (Wildman–Crippen MR) is 161 cm³/mol. The minimum Gasteiger partial charge on any atom is -0.494 e. The zero-order chi connectivity index (χ0) is 29.8. The number of carbonyl (C=O) groups excluding carboxylic acids is 2. The number of nitrogens with two attached hydrogens (primary N) is 1. The molecular formula is C31H37N7O5. The normalized spacial score (nSPS) is 21.2. The van der Waals surface area contributed by atoms with Gasteiger partial charge in [0.15, 0.2) is 5.82 Å². The summed E-state index contributed by atoms with van der Waals surface area (Å²) in [6, 6.07) is 7.78. The topological polar surface area (TPSA) is 139 Å². The van der Waals surface area contributed by atoms with Crippen LogP contribution in [-0.2, 0) is 23.1 Å². The first-order chi connectivity index (χ1) is 20.9. The third kappa shape index (κ3) is 4.88. The number of piperidine rings is 1. The molecule has 0 spiro atoms. The molecule has 3 N–H and O–H groups in total. The van der Waals surface area contributed by atoms with Gasteiger partial charge in [-0.15, -0.1) is 0 Å². The van der Waals surface area contributed by atoms with Crippen LogP contribution in [0.4, 0.5) is 10.6 Å². The fraction of sp³-hybridized carbons (Fsp3) is 0.484. The van der Waals surface area contributed by atoms with E-state index < -0.39 is 6.09 Å². The van der Waals surface area contributed by atoms with Crippen LogP contribution in [0.2, 0.25) is 0 Å². The van der Waals surface area contributed by atoms with Crippen LogP contribution in [0.3, 0.4) is 0 Å². The lowest BCUT2D eigenvalue weighted by molar-refractivity contribution is 0.0700. The molecule has 1 saturated heterocycles. The molecule has 2 aliphatic carbocycles. The summed E-state index contributed by atoms with van der Waals surface area (Å²) in [6.45, 7) is 2.00. The van der Waals surface area contributed by atoms with E-state index in [9.17, 15) is 9.59 Å². The van der Waals surface area contributed by atoms with Gasteiger partial charge in [0.25, 0.3) is 5.91 Å². The van der Waals surface area contributed by atoms with Crippen molar-refractivity contribution >= 4 is 39.8 Å². The molecule has 3 aliphatic rings. The number of carbonyl (C=O) groups is 2. The van der Waals surface area contributed by atoms with E-state index in [2.05, 4.69) is 20.9 Å². The van der Waals surface area contributed by atoms with Crippen LogP contribution in [0.5, 0.6) is 5.75 Å². The van der Waals surface area contributed by atoms with Crippen molar-refractivity contribution in [3.63, 3.8) is 0 Å². The van der Waals surface area contributed by atoms with Gasteiger partial charge in [-0.05, 0) is 55.7 Å². The summed E-state index contributed by atoms with van der Waals surface area (Å²) in [7, 11) is 5.14. The van der Waals surface area contributed by atoms with Gasteiger partial charge in [0.1, 0.15) is 23.7 Å². The fourth-order valence-corrected chi connectivity index (χ4v) is 6.79. The molecule has 1 aromatic carbocycles. The second-order valence-corrected chi connectivity index (χ2v) is 11.9. The van der Waals surface area contributed by atoms with Crippen molar-refractivity contribution < 1.29 is 23.8 Å². The molecule has 12 heteroatoms. The van der Waals surface area contributed by atoms with Gasteiger partial charge in [0.2, 0.25) is 0 Å². The van der Waals surface area contributed by atoms with Gasteiger partial charge in [-0.25, -0.2) is 14.8 Å². The van der Waals surface area contributed by atoms with Gasteiger partial charge in [-0.1, -0.05) is 0 Å². The van der Waals surface area contributed by atoms with Crippen molar-refractivity contribution in [1.82, 2.24) is 24.0 Å². The van der Waals surface area contributed by atoms with Crippen molar-refractivity contribution in [2.75, 3.05) is 39.3 Å². The van der Waals surface area contributed by atoms with Gasteiger partial charge >= 0.3 is 6.09 Å². The SMILES string of the molecule is COCCOC(=O)Nc1cc2c(cn1)cc(-c1nc3cc(C(=O)N4CC5CCC4C5N)cc(OC)c3n1C)n2CC1CC1. The van der Waals surface area contributed by atoms with Gasteiger partial charge in [-0.2, -0.15) is 0 Å². The number of aryl methyl sites for hydroxylation is 1. The number of nitrogens with one attached hydrogen (secondary N) is 1. The minimum absolute atomic E-state index is 0.0234. The van der Waals surface area contributed by atoms with Gasteiger partial charge < -0.3 is 34.0 Å². The number of hydrogen-bond acceptors (Lipinski definition) is 8. The van der Waals surface area contributed by atoms with E-state index in [4.69, 9.17) is 24.9 Å². The quantitative estimate of drug-likeness (QED) is 0.282. The first kappa shape index (κ1) is 27.7. The summed E-state index contributed by atoms with van der Waals surface area (Å²) < 4.78 is 20.2. The van der Waals surface area contributed by atoms with Crippen molar-refractivity contribution in [2.45, 2.75) is 44.3 Å². The van der Waals surface area contributed by atoms with Crippen molar-refractivity contribution in [2.24, 2.45) is 24.6 Å². The van der Waals surface area contributed by atoms with Crippen LogP contribution in [0.1, 0.15) is 36.0 Å². The molecule has 12 nitrogen and oxygen atoms in total. The molecule has 4 heterocycles. The number of methoxy groups -OCH3 is 2. The number of benzene rings is 1. The summed E-state index contributed by atoms with van der Waals surface area (Å²) in [5.41, 5.74) is 10.3. The number of imidazole rings is 1. The first-order valence-electron chi connectivity index (χ1n) is 14.9. The second-order valence-electron chi connectivity index (χ2n) is 11.9. The van der Waals surface area contributed by atoms with Crippen molar-refractivity contribution in [3.8, 4) is 17.3 Å². The highest BCUT2D eigenvalue weighted by Crippen LogP contribution is 2.40. The number of fused-ring (bicyclic) bond motifs is 4. The van der Waals surface area contributed by atoms with E-state index in [0.29, 0.717) is 47.6 Å². The number of aromatic nitrogens is 4. The van der Waals surface area contributed by atoms with Gasteiger partial charge in [0, 0.05) is 62.5 Å². The average Bonchev–Trinajstić information content (AvgIpc) is 3.41. The van der Waals surface area contributed by atoms with Crippen molar-refractivity contribution in [1.29, 1.82) is 0 Å². The van der Waals surface area contributed by atoms with E-state index in [1.54, 1.807) is 20.4 Å². The van der Waals surface area contributed by atoms with Crippen LogP contribution in [0.15, 0.2) is 30.5 Å². The van der Waals surface area contributed by atoms with E-state index in [0.717, 1.165) is 47.3 Å². The highest BCUT2D eigenvalue weighted by molar-refractivity contribution is 6.00. The van der Waals surface area contributed by atoms with E-state index >= 15 is 0 Å². The number of pyridine rings is 1. The smallest absolute Gasteiger partial charge is 0.412 e. The Morgan fingerprint density at radius 2 is 1.93 bits per heavy atom. The highest BCUT2D eigenvalue weighted by atomic mass is 16.6. The molecule has 4 aromatic rings. The predicted octanol–water partition coefficient (Wildman–Crippen LogP) is 3.77. The Hall–Kier alpha value is -4.16. The highest BCUT2D eigenvalue weighted by Gasteiger charge is 2.47. The summed E-state index contributed by atoms with van der Waals surface area (Å²) in [5, 5.41) is 3.65. The van der Waals surface area contributed by atoms with E-state index in [1.165, 1.54) is 12.8 Å². The zero-order valence-corrected chi connectivity index (χ0v) is 24.7. The van der Waals surface area contributed by atoms with Gasteiger partial charge in [0.05, 0.1) is 30.4 Å². The molecular weight excluding hydrogens is 550 g/mol. The largest absolute Gasteiger partial charge is 0.494 e. The second kappa shape index (κ2) is 10.8. The number of hydrogen-bond donors (Lipinski definition) is 2. The Morgan fingerprint density at radius 1 is 1.09 bits per heavy atom. The molecule has 2 bridgehead atoms. The minimum atomic E-state index is -0.582. The number of amides is 2. The standard InChI is InChI=1S/C31H37N7O5/c1-36-28-21(10-19(12-25(28)42-3)30(39)38-16-18-6-7-22(38)27(18)32)34-29(36)24-11-20-14-33-26(35-31(40)43-9-8-41-2)13-23(20)37(24)15-17-4-5-17/h10-14,17-18,22,27H,4-9,15-16,32H2,1-3H3,(H,33,35,40). The Labute approximate surface area is 249 Å². The lowest BCUT2D eigenvalue weighted by Crippen LogP contribution is -2.41. The van der Waals surface area contributed by atoms with Crippen LogP contribution < -0.4 is 15.8 Å². The number of nitrogens with zero attached hydrogens (tertiary/aromatic N) is 5. The molecule has 1 aliphatic heterocycles. The molecule has 226 valence electrons. The molecule has 3 fully saturated rings. The lowest BCUT2D eigenvalue weighted by atomic mass is 10.1. The molecule has 2 amide bonds. The molecule has 3 unspecified atom stereocenters. The number of rotatable bonds is 9. The van der Waals surface area contributed by atoms with Crippen LogP contribution in [0, 0.1) is 11.8 Å². The number of anilines is 1. The first-order valence-corrected chi connectivity index (χ1v) is 14.9. The van der Waals surface area contributed by atoms with Gasteiger partial charge in [-0.3, -0.25) is 10.1 Å². The Balaban J connectivity index is 1.26. The summed E-state index contributed by atoms with van der Waals surface area (Å²) in [5.74, 6) is 2.69. The monoisotopic (exact) mass is 587 g/mol. The van der Waals surface area contributed by atoms with Crippen LogP contribution in [-0.4, -0.2) is 82.1 Å². The molecule has 3 atom stereocenters. The Bertz CT molecular complexity index is 1720. The molecule has 0 radical (unpaired) electrons. The molecule has 3 aromatic heterocycles. The summed E-state index contributed by atoms with van der Waals surface area (Å²) >= 11 is 0. The Kier molecular flexibility index (Phi) is 6.97. The Morgan fingerprint density at radius 3 is 2.63 bits per heavy atom. The summed E-state index contributed by atoms with van der Waals surface area (Å²) in [6.07, 6.45) is 5.55. The molecule has 2 saturated carbocycles. The van der Waals surface area contributed by atoms with E-state index in [1.807, 2.05) is 34.7 Å². The number of likely N-dealkylation sites (tertiary alicyclic amines) is 1. The van der Waals surface area contributed by atoms with Crippen LogP contribution >= 0.6 is 0 Å². The zero-order valence-electron chi connectivity index (χ0n) is 24.7. The average molecular weight is 588 g/mol. The third-order valence-corrected chi connectivity index (χ3v) is 9.22. The maximum atomic E-state index is 13.7. The molecule has 43 heavy (non-hydrogen) atoms. The maximum Gasteiger partial charge on any atom is 0.412 e. The van der Waals surface area contributed by atoms with E-state index in [-0.39, 0.29) is 24.6 Å². The summed E-state index contributed by atoms with van der Waals surface area (Å²) in [4.78, 5) is 37.4. The lowest BCUT2D eigenvalue weighted by Gasteiger charge is -2.27. The third-order valence-electron chi connectivity index (χ3n) is 9.22. The molecule has 7 rings (SSSR count). The van der Waals surface area contributed by atoms with Crippen LogP contribution in [0.25, 0.3) is 33.5 Å². The van der Waals surface area contributed by atoms with Crippen molar-refractivity contribution in [3.05, 3.63) is 36.0 Å². The number of ether oxygens (including phenoxy) is 3.